The number of aliphatic hydroxyl groups excluding tert-OH is 1. The van der Waals surface area contributed by atoms with Gasteiger partial charge in [0.1, 0.15) is 0 Å². The van der Waals surface area contributed by atoms with Crippen LogP contribution in [0.1, 0.15) is 28.9 Å². The fourth-order valence-corrected chi connectivity index (χ4v) is 1.93. The Morgan fingerprint density at radius 3 is 2.62 bits per heavy atom. The van der Waals surface area contributed by atoms with Gasteiger partial charge in [-0.25, -0.2) is 0 Å². The van der Waals surface area contributed by atoms with E-state index in [0.717, 1.165) is 5.56 Å². The molecule has 0 aliphatic rings. The number of aliphatic hydroxyl groups is 1. The van der Waals surface area contributed by atoms with Gasteiger partial charge in [0.05, 0.1) is 24.4 Å². The molecule has 1 amide bonds. The molecule has 0 spiro atoms. The van der Waals surface area contributed by atoms with Gasteiger partial charge in [-0.3, -0.25) is 14.3 Å². The van der Waals surface area contributed by atoms with Crippen molar-refractivity contribution in [2.75, 3.05) is 6.61 Å². The second-order valence-electron chi connectivity index (χ2n) is 4.53. The highest BCUT2D eigenvalue weighted by atomic mass is 16.3. The lowest BCUT2D eigenvalue weighted by Crippen LogP contribution is -2.35. The van der Waals surface area contributed by atoms with E-state index in [1.54, 1.807) is 28.9 Å². The molecule has 2 N–H and O–H groups in total. The lowest BCUT2D eigenvalue weighted by Gasteiger charge is -2.15. The Labute approximate surface area is 122 Å². The molecule has 0 saturated heterocycles. The number of aryl methyl sites for hydroxylation is 1. The normalized spacial score (nSPS) is 11.9. The van der Waals surface area contributed by atoms with Crippen LogP contribution >= 0.6 is 0 Å². The zero-order chi connectivity index (χ0) is 15.2. The number of hydrogen-bond donors (Lipinski definition) is 2. The second kappa shape index (κ2) is 6.81. The second-order valence-corrected chi connectivity index (χ2v) is 4.53. The molecule has 0 saturated carbocycles. The van der Waals surface area contributed by atoms with Gasteiger partial charge in [0, 0.05) is 12.7 Å². The van der Waals surface area contributed by atoms with E-state index in [1.807, 2.05) is 13.0 Å². The van der Waals surface area contributed by atoms with Gasteiger partial charge in [0.15, 0.2) is 0 Å². The maximum absolute atomic E-state index is 12.0. The first-order valence-corrected chi connectivity index (χ1v) is 6.69. The quantitative estimate of drug-likeness (QED) is 0.611. The number of nitrogens with one attached hydrogen (secondary N) is 1. The molecule has 0 aliphatic carbocycles. The minimum atomic E-state index is -0.756. The number of ketones is 1. The Bertz CT molecular complexity index is 622. The van der Waals surface area contributed by atoms with Crippen molar-refractivity contribution in [2.24, 2.45) is 0 Å². The summed E-state index contributed by atoms with van der Waals surface area (Å²) in [5.74, 6) is -1.42. The smallest absolute Gasteiger partial charge is 0.293 e. The zero-order valence-electron chi connectivity index (χ0n) is 11.7. The van der Waals surface area contributed by atoms with Gasteiger partial charge in [0.25, 0.3) is 11.7 Å². The van der Waals surface area contributed by atoms with Gasteiger partial charge < -0.3 is 10.4 Å². The van der Waals surface area contributed by atoms with Crippen LogP contribution in [0.3, 0.4) is 0 Å². The standard InChI is InChI=1S/C15H17N3O3/c1-2-18-9-12(8-16-18)14(20)15(21)17-13(10-19)11-6-4-3-5-7-11/h3-9,13,19H,2,10H2,1H3,(H,17,21)/t13-/m1/s1. The van der Waals surface area contributed by atoms with Crippen molar-refractivity contribution in [3.8, 4) is 0 Å². The highest BCUT2D eigenvalue weighted by Crippen LogP contribution is 2.12. The van der Waals surface area contributed by atoms with Crippen LogP contribution in [-0.4, -0.2) is 33.2 Å². The molecule has 1 aromatic carbocycles. The van der Waals surface area contributed by atoms with Crippen molar-refractivity contribution < 1.29 is 14.7 Å². The van der Waals surface area contributed by atoms with Gasteiger partial charge >= 0.3 is 0 Å². The molecule has 0 radical (unpaired) electrons. The molecule has 0 fully saturated rings. The summed E-state index contributed by atoms with van der Waals surface area (Å²) in [4.78, 5) is 24.0. The Kier molecular flexibility index (Phi) is 4.84. The van der Waals surface area contributed by atoms with Gasteiger partial charge in [-0.1, -0.05) is 30.3 Å². The number of nitrogens with zero attached hydrogens (tertiary/aromatic N) is 2. The molecular formula is C15H17N3O3. The Hall–Kier alpha value is -2.47. The monoisotopic (exact) mass is 287 g/mol. The first kappa shape index (κ1) is 14.9. The third-order valence-electron chi connectivity index (χ3n) is 3.12. The van der Waals surface area contributed by atoms with Crippen molar-refractivity contribution >= 4 is 11.7 Å². The Morgan fingerprint density at radius 1 is 1.33 bits per heavy atom. The van der Waals surface area contributed by atoms with E-state index in [2.05, 4.69) is 10.4 Å². The van der Waals surface area contributed by atoms with Gasteiger partial charge in [-0.05, 0) is 12.5 Å². The zero-order valence-corrected chi connectivity index (χ0v) is 11.7. The minimum absolute atomic E-state index is 0.235. The van der Waals surface area contributed by atoms with Crippen LogP contribution in [-0.2, 0) is 11.3 Å². The highest BCUT2D eigenvalue weighted by Gasteiger charge is 2.21. The predicted octanol–water partition coefficient (Wildman–Crippen LogP) is 0.935. The lowest BCUT2D eigenvalue weighted by molar-refractivity contribution is -0.118. The van der Waals surface area contributed by atoms with Crippen molar-refractivity contribution in [1.82, 2.24) is 15.1 Å². The van der Waals surface area contributed by atoms with Crippen molar-refractivity contribution in [3.05, 3.63) is 53.9 Å². The number of amides is 1. The largest absolute Gasteiger partial charge is 0.394 e. The molecule has 6 nitrogen and oxygen atoms in total. The number of carbonyl (C=O) groups excluding carboxylic acids is 2. The van der Waals surface area contributed by atoms with Crippen molar-refractivity contribution in [3.63, 3.8) is 0 Å². The molecule has 0 unspecified atom stereocenters. The van der Waals surface area contributed by atoms with E-state index < -0.39 is 17.7 Å². The van der Waals surface area contributed by atoms with Crippen molar-refractivity contribution in [2.45, 2.75) is 19.5 Å². The summed E-state index contributed by atoms with van der Waals surface area (Å²) in [5.41, 5.74) is 0.976. The lowest BCUT2D eigenvalue weighted by atomic mass is 10.1. The molecular weight excluding hydrogens is 270 g/mol. The number of benzene rings is 1. The van der Waals surface area contributed by atoms with E-state index in [-0.39, 0.29) is 12.2 Å². The Balaban J connectivity index is 2.07. The number of aromatic nitrogens is 2. The molecule has 21 heavy (non-hydrogen) atoms. The molecule has 1 heterocycles. The third-order valence-corrected chi connectivity index (χ3v) is 3.12. The number of hydrogen-bond acceptors (Lipinski definition) is 4. The molecule has 0 bridgehead atoms. The van der Waals surface area contributed by atoms with E-state index in [9.17, 15) is 14.7 Å². The molecule has 2 rings (SSSR count). The van der Waals surface area contributed by atoms with Crippen LogP contribution in [0, 0.1) is 0 Å². The van der Waals surface area contributed by atoms with Crippen LogP contribution in [0.15, 0.2) is 42.7 Å². The summed E-state index contributed by atoms with van der Waals surface area (Å²) >= 11 is 0. The average molecular weight is 287 g/mol. The summed E-state index contributed by atoms with van der Waals surface area (Å²) in [5, 5.41) is 15.9. The number of rotatable bonds is 6. The average Bonchev–Trinajstić information content (AvgIpc) is 3.01. The minimum Gasteiger partial charge on any atom is -0.394 e. The first-order chi connectivity index (χ1) is 10.2. The topological polar surface area (TPSA) is 84.2 Å². The van der Waals surface area contributed by atoms with Gasteiger partial charge in [-0.2, -0.15) is 5.10 Å². The first-order valence-electron chi connectivity index (χ1n) is 6.69. The molecule has 2 aromatic rings. The SMILES string of the molecule is CCn1cc(C(=O)C(=O)N[C@H](CO)c2ccccc2)cn1. The molecule has 1 atom stereocenters. The Morgan fingerprint density at radius 2 is 2.05 bits per heavy atom. The summed E-state index contributed by atoms with van der Waals surface area (Å²) in [7, 11) is 0. The molecule has 1 aromatic heterocycles. The highest BCUT2D eigenvalue weighted by molar-refractivity contribution is 6.42. The molecule has 110 valence electrons. The van der Waals surface area contributed by atoms with E-state index in [0.29, 0.717) is 6.54 Å². The van der Waals surface area contributed by atoms with Gasteiger partial charge in [0.2, 0.25) is 0 Å². The maximum Gasteiger partial charge on any atom is 0.293 e. The van der Waals surface area contributed by atoms with E-state index >= 15 is 0 Å². The van der Waals surface area contributed by atoms with E-state index in [1.165, 1.54) is 12.4 Å². The van der Waals surface area contributed by atoms with Crippen LogP contribution in [0.25, 0.3) is 0 Å². The van der Waals surface area contributed by atoms with Crippen molar-refractivity contribution in [1.29, 1.82) is 0 Å². The third kappa shape index (κ3) is 3.55. The summed E-state index contributed by atoms with van der Waals surface area (Å²) in [6.07, 6.45) is 2.89. The summed E-state index contributed by atoms with van der Waals surface area (Å²) < 4.78 is 1.57. The number of carbonyl (C=O) groups is 2. The summed E-state index contributed by atoms with van der Waals surface area (Å²) in [6, 6.07) is 8.39. The van der Waals surface area contributed by atoms with E-state index in [4.69, 9.17) is 0 Å². The fraction of sp³-hybridized carbons (Fsp3) is 0.267. The van der Waals surface area contributed by atoms with Crippen LogP contribution < -0.4 is 5.32 Å². The van der Waals surface area contributed by atoms with Crippen LogP contribution in [0.5, 0.6) is 0 Å². The number of Topliss-reactive ketones (excluding diaryl/α,β-unsaturated/α-hetero) is 1. The molecule has 6 heteroatoms. The summed E-state index contributed by atoms with van der Waals surface area (Å²) in [6.45, 7) is 2.23. The maximum atomic E-state index is 12.0. The molecule has 0 aliphatic heterocycles. The predicted molar refractivity (Wildman–Crippen MR) is 76.6 cm³/mol. The van der Waals surface area contributed by atoms with Crippen LogP contribution in [0.2, 0.25) is 0 Å². The fourth-order valence-electron chi connectivity index (χ4n) is 1.93. The van der Waals surface area contributed by atoms with Gasteiger partial charge in [-0.15, -0.1) is 0 Å². The van der Waals surface area contributed by atoms with Crippen LogP contribution in [0.4, 0.5) is 0 Å².